The highest BCUT2D eigenvalue weighted by Crippen LogP contribution is 2.19. The summed E-state index contributed by atoms with van der Waals surface area (Å²) in [5, 5.41) is 12.2. The quantitative estimate of drug-likeness (QED) is 0.350. The van der Waals surface area contributed by atoms with Gasteiger partial charge in [0.05, 0.1) is 5.75 Å². The summed E-state index contributed by atoms with van der Waals surface area (Å²) in [7, 11) is 0. The average molecular weight is 459 g/mol. The molecule has 128 valence electrons. The standard InChI is InChI=1S/C16H18IN3O3S/c1-9-7-11(17)3-4-13(9)19-14(22)8-24-16-18-10(2)12(5-6-21)15(23)20-16/h3-4,7,21H,5-6,8H2,1-2H3,(H,19,22)(H,18,20,23). The average Bonchev–Trinajstić information content (AvgIpc) is 2.51. The number of aromatic amines is 1. The van der Waals surface area contributed by atoms with Crippen LogP contribution >= 0.6 is 34.4 Å². The minimum atomic E-state index is -0.270. The molecule has 1 heterocycles. The number of nitrogens with zero attached hydrogens (tertiary/aromatic N) is 1. The number of hydrogen-bond acceptors (Lipinski definition) is 5. The van der Waals surface area contributed by atoms with Gasteiger partial charge in [-0.05, 0) is 60.2 Å². The number of carbonyl (C=O) groups is 1. The first-order valence-corrected chi connectivity index (χ1v) is 9.36. The summed E-state index contributed by atoms with van der Waals surface area (Å²) in [6.45, 7) is 3.56. The number of aryl methyl sites for hydroxylation is 2. The molecule has 2 rings (SSSR count). The van der Waals surface area contributed by atoms with E-state index in [2.05, 4.69) is 37.9 Å². The van der Waals surface area contributed by atoms with Crippen molar-refractivity contribution in [3.05, 3.63) is 48.9 Å². The fourth-order valence-corrected chi connectivity index (χ4v) is 3.50. The van der Waals surface area contributed by atoms with E-state index in [0.29, 0.717) is 16.4 Å². The molecule has 0 aliphatic heterocycles. The third-order valence-corrected chi connectivity index (χ3v) is 4.91. The summed E-state index contributed by atoms with van der Waals surface area (Å²) >= 11 is 3.39. The zero-order valence-electron chi connectivity index (χ0n) is 13.4. The van der Waals surface area contributed by atoms with Gasteiger partial charge in [-0.25, -0.2) is 4.98 Å². The van der Waals surface area contributed by atoms with Gasteiger partial charge >= 0.3 is 0 Å². The predicted molar refractivity (Wildman–Crippen MR) is 104 cm³/mol. The summed E-state index contributed by atoms with van der Waals surface area (Å²) in [5.41, 5.74) is 2.55. The van der Waals surface area contributed by atoms with E-state index in [1.165, 1.54) is 11.8 Å². The lowest BCUT2D eigenvalue weighted by atomic mass is 10.2. The second-order valence-electron chi connectivity index (χ2n) is 5.20. The van der Waals surface area contributed by atoms with Crippen molar-refractivity contribution in [2.24, 2.45) is 0 Å². The zero-order chi connectivity index (χ0) is 17.7. The molecule has 0 bridgehead atoms. The van der Waals surface area contributed by atoms with Crippen LogP contribution in [0.2, 0.25) is 0 Å². The van der Waals surface area contributed by atoms with Gasteiger partial charge in [-0.3, -0.25) is 9.59 Å². The maximum atomic E-state index is 12.1. The Morgan fingerprint density at radius 3 is 2.79 bits per heavy atom. The molecule has 1 aromatic heterocycles. The number of carbonyl (C=O) groups excluding carboxylic acids is 1. The van der Waals surface area contributed by atoms with Crippen LogP contribution < -0.4 is 10.9 Å². The molecular weight excluding hydrogens is 441 g/mol. The monoisotopic (exact) mass is 459 g/mol. The van der Waals surface area contributed by atoms with Crippen LogP contribution in [0.1, 0.15) is 16.8 Å². The maximum Gasteiger partial charge on any atom is 0.255 e. The van der Waals surface area contributed by atoms with Crippen molar-refractivity contribution in [1.29, 1.82) is 0 Å². The minimum absolute atomic E-state index is 0.101. The van der Waals surface area contributed by atoms with Crippen molar-refractivity contribution in [1.82, 2.24) is 9.97 Å². The number of hydrogen-bond donors (Lipinski definition) is 3. The topological polar surface area (TPSA) is 95.1 Å². The number of amides is 1. The predicted octanol–water partition coefficient (Wildman–Crippen LogP) is 2.26. The van der Waals surface area contributed by atoms with Crippen molar-refractivity contribution >= 4 is 45.9 Å². The molecule has 2 aromatic rings. The van der Waals surface area contributed by atoms with Crippen molar-refractivity contribution in [3.63, 3.8) is 0 Å². The Morgan fingerprint density at radius 1 is 1.42 bits per heavy atom. The van der Waals surface area contributed by atoms with E-state index in [0.717, 1.165) is 14.8 Å². The van der Waals surface area contributed by atoms with Gasteiger partial charge in [-0.1, -0.05) is 11.8 Å². The van der Waals surface area contributed by atoms with Gasteiger partial charge in [-0.15, -0.1) is 0 Å². The second-order valence-corrected chi connectivity index (χ2v) is 7.41. The molecule has 0 radical (unpaired) electrons. The summed E-state index contributed by atoms with van der Waals surface area (Å²) < 4.78 is 1.11. The lowest BCUT2D eigenvalue weighted by Crippen LogP contribution is -2.19. The lowest BCUT2D eigenvalue weighted by Gasteiger charge is -2.09. The van der Waals surface area contributed by atoms with Crippen molar-refractivity contribution in [2.75, 3.05) is 17.7 Å². The van der Waals surface area contributed by atoms with Crippen LogP contribution in [-0.4, -0.2) is 33.3 Å². The third-order valence-electron chi connectivity index (χ3n) is 3.36. The number of H-pyrrole nitrogens is 1. The Balaban J connectivity index is 2.00. The Hall–Kier alpha value is -1.39. The van der Waals surface area contributed by atoms with Gasteiger partial charge in [0.1, 0.15) is 0 Å². The van der Waals surface area contributed by atoms with E-state index in [4.69, 9.17) is 5.11 Å². The number of anilines is 1. The lowest BCUT2D eigenvalue weighted by molar-refractivity contribution is -0.113. The van der Waals surface area contributed by atoms with Crippen LogP contribution in [0.25, 0.3) is 0 Å². The van der Waals surface area contributed by atoms with Crippen LogP contribution in [0.3, 0.4) is 0 Å². The van der Waals surface area contributed by atoms with Crippen LogP contribution in [0, 0.1) is 17.4 Å². The molecule has 0 atom stereocenters. The molecule has 8 heteroatoms. The first-order chi connectivity index (χ1) is 11.4. The van der Waals surface area contributed by atoms with E-state index in [1.54, 1.807) is 6.92 Å². The van der Waals surface area contributed by atoms with E-state index in [1.807, 2.05) is 25.1 Å². The molecule has 1 amide bonds. The van der Waals surface area contributed by atoms with Crippen molar-refractivity contribution in [3.8, 4) is 0 Å². The molecule has 0 unspecified atom stereocenters. The number of aliphatic hydroxyl groups is 1. The van der Waals surface area contributed by atoms with Crippen LogP contribution in [0.15, 0.2) is 28.2 Å². The van der Waals surface area contributed by atoms with Crippen molar-refractivity contribution in [2.45, 2.75) is 25.4 Å². The molecule has 0 fully saturated rings. The molecule has 0 saturated heterocycles. The van der Waals surface area contributed by atoms with Gasteiger partial charge in [0, 0.05) is 33.5 Å². The molecule has 1 aromatic carbocycles. The van der Waals surface area contributed by atoms with Gasteiger partial charge in [0.15, 0.2) is 5.16 Å². The molecule has 0 aliphatic rings. The second kappa shape index (κ2) is 8.63. The fraction of sp³-hybridized carbons (Fsp3) is 0.312. The van der Waals surface area contributed by atoms with E-state index in [-0.39, 0.29) is 30.2 Å². The van der Waals surface area contributed by atoms with Crippen LogP contribution in [0.5, 0.6) is 0 Å². The van der Waals surface area contributed by atoms with Gasteiger partial charge < -0.3 is 15.4 Å². The number of nitrogens with one attached hydrogen (secondary N) is 2. The van der Waals surface area contributed by atoms with Crippen molar-refractivity contribution < 1.29 is 9.90 Å². The Morgan fingerprint density at radius 2 is 2.17 bits per heavy atom. The van der Waals surface area contributed by atoms with Crippen LogP contribution in [-0.2, 0) is 11.2 Å². The summed E-state index contributed by atoms with van der Waals surface area (Å²) in [4.78, 5) is 30.9. The van der Waals surface area contributed by atoms with E-state index in [9.17, 15) is 9.59 Å². The third kappa shape index (κ3) is 5.05. The highest BCUT2D eigenvalue weighted by Gasteiger charge is 2.11. The number of halogens is 1. The number of thioether (sulfide) groups is 1. The molecule has 24 heavy (non-hydrogen) atoms. The number of benzene rings is 1. The normalized spacial score (nSPS) is 10.7. The number of aliphatic hydroxyl groups excluding tert-OH is 1. The smallest absolute Gasteiger partial charge is 0.255 e. The van der Waals surface area contributed by atoms with Gasteiger partial charge in [0.2, 0.25) is 5.91 Å². The van der Waals surface area contributed by atoms with Crippen LogP contribution in [0.4, 0.5) is 5.69 Å². The minimum Gasteiger partial charge on any atom is -0.396 e. The Labute approximate surface area is 157 Å². The van der Waals surface area contributed by atoms with E-state index < -0.39 is 0 Å². The Bertz CT molecular complexity index is 808. The maximum absolute atomic E-state index is 12.1. The SMILES string of the molecule is Cc1cc(I)ccc1NC(=O)CSc1nc(C)c(CCO)c(=O)[nH]1. The number of aromatic nitrogens is 2. The summed E-state index contributed by atoms with van der Waals surface area (Å²) in [6, 6.07) is 5.79. The Kier molecular flexibility index (Phi) is 6.81. The van der Waals surface area contributed by atoms with Gasteiger partial charge in [0.25, 0.3) is 5.56 Å². The fourth-order valence-electron chi connectivity index (χ4n) is 2.15. The van der Waals surface area contributed by atoms with Gasteiger partial charge in [-0.2, -0.15) is 0 Å². The highest BCUT2D eigenvalue weighted by atomic mass is 127. The molecule has 3 N–H and O–H groups in total. The highest BCUT2D eigenvalue weighted by molar-refractivity contribution is 14.1. The molecule has 6 nitrogen and oxygen atoms in total. The summed E-state index contributed by atoms with van der Waals surface area (Å²) in [5.74, 6) is -0.0169. The first-order valence-electron chi connectivity index (χ1n) is 7.30. The summed E-state index contributed by atoms with van der Waals surface area (Å²) in [6.07, 6.45) is 0.270. The molecule has 0 spiro atoms. The molecular formula is C16H18IN3O3S. The number of rotatable bonds is 6. The first kappa shape index (κ1) is 18.9. The van der Waals surface area contributed by atoms with E-state index >= 15 is 0 Å². The zero-order valence-corrected chi connectivity index (χ0v) is 16.3. The largest absolute Gasteiger partial charge is 0.396 e. The molecule has 0 aliphatic carbocycles. The molecule has 0 saturated carbocycles.